The van der Waals surface area contributed by atoms with Crippen LogP contribution < -0.4 is 9.46 Å². The minimum Gasteiger partial charge on any atom is -0.496 e. The van der Waals surface area contributed by atoms with Crippen LogP contribution in [0.2, 0.25) is 0 Å². The molecule has 19 heavy (non-hydrogen) atoms. The third kappa shape index (κ3) is 4.78. The number of rotatable bonds is 6. The van der Waals surface area contributed by atoms with Crippen molar-refractivity contribution < 1.29 is 13.2 Å². The first-order valence-electron chi connectivity index (χ1n) is 6.12. The summed E-state index contributed by atoms with van der Waals surface area (Å²) >= 11 is 3.29. The van der Waals surface area contributed by atoms with Crippen LogP contribution in [0.25, 0.3) is 0 Å². The maximum absolute atomic E-state index is 12.2. The molecule has 1 rings (SSSR count). The van der Waals surface area contributed by atoms with Gasteiger partial charge in [0.05, 0.1) is 16.5 Å². The average molecular weight is 350 g/mol. The summed E-state index contributed by atoms with van der Waals surface area (Å²) in [5, 5.41) is 0. The van der Waals surface area contributed by atoms with Crippen molar-refractivity contribution in [1.29, 1.82) is 0 Å². The van der Waals surface area contributed by atoms with Gasteiger partial charge in [0.25, 0.3) is 0 Å². The molecule has 0 radical (unpaired) electrons. The van der Waals surface area contributed by atoms with Crippen LogP contribution in [-0.4, -0.2) is 21.6 Å². The summed E-state index contributed by atoms with van der Waals surface area (Å²) in [6.45, 7) is 6.00. The van der Waals surface area contributed by atoms with Gasteiger partial charge in [-0.2, -0.15) is 0 Å². The molecule has 6 heteroatoms. The Morgan fingerprint density at radius 3 is 2.42 bits per heavy atom. The topological polar surface area (TPSA) is 55.4 Å². The Balaban J connectivity index is 2.91. The van der Waals surface area contributed by atoms with Gasteiger partial charge in [-0.25, -0.2) is 13.1 Å². The zero-order valence-corrected chi connectivity index (χ0v) is 14.0. The van der Waals surface area contributed by atoms with Gasteiger partial charge in [-0.1, -0.05) is 13.8 Å². The molecule has 0 spiro atoms. The van der Waals surface area contributed by atoms with E-state index in [0.29, 0.717) is 16.1 Å². The van der Waals surface area contributed by atoms with E-state index in [4.69, 9.17) is 4.74 Å². The monoisotopic (exact) mass is 349 g/mol. The summed E-state index contributed by atoms with van der Waals surface area (Å²) in [7, 11) is -1.95. The number of methoxy groups -OCH3 is 1. The van der Waals surface area contributed by atoms with Crippen LogP contribution in [0, 0.1) is 5.92 Å². The Hall–Kier alpha value is -0.590. The maximum atomic E-state index is 12.2. The lowest BCUT2D eigenvalue weighted by Crippen LogP contribution is -2.33. The van der Waals surface area contributed by atoms with Crippen LogP contribution in [0.1, 0.15) is 27.2 Å². The summed E-state index contributed by atoms with van der Waals surface area (Å²) < 4.78 is 32.8. The minimum absolute atomic E-state index is 0.0918. The Morgan fingerprint density at radius 2 is 1.95 bits per heavy atom. The van der Waals surface area contributed by atoms with Crippen LogP contribution >= 0.6 is 15.9 Å². The highest BCUT2D eigenvalue weighted by atomic mass is 79.9. The molecular formula is C13H20BrNO3S. The lowest BCUT2D eigenvalue weighted by Gasteiger charge is -2.16. The van der Waals surface area contributed by atoms with Gasteiger partial charge in [0.1, 0.15) is 5.75 Å². The molecule has 0 bridgehead atoms. The fourth-order valence-electron chi connectivity index (χ4n) is 1.90. The smallest absolute Gasteiger partial charge is 0.240 e. The van der Waals surface area contributed by atoms with E-state index >= 15 is 0 Å². The SMILES string of the molecule is COc1ccc(S(=O)(=O)NC(C)CC(C)C)cc1Br. The van der Waals surface area contributed by atoms with Crippen molar-refractivity contribution in [2.75, 3.05) is 7.11 Å². The molecule has 0 aliphatic rings. The first-order chi connectivity index (χ1) is 8.76. The Labute approximate surface area is 123 Å². The van der Waals surface area contributed by atoms with Crippen molar-refractivity contribution in [2.45, 2.75) is 38.1 Å². The van der Waals surface area contributed by atoms with Crippen LogP contribution in [0.5, 0.6) is 5.75 Å². The van der Waals surface area contributed by atoms with Gasteiger partial charge < -0.3 is 4.74 Å². The van der Waals surface area contributed by atoms with Crippen molar-refractivity contribution in [3.05, 3.63) is 22.7 Å². The zero-order valence-electron chi connectivity index (χ0n) is 11.6. The molecule has 1 unspecified atom stereocenters. The van der Waals surface area contributed by atoms with Gasteiger partial charge in [-0.05, 0) is 53.4 Å². The number of hydrogen-bond donors (Lipinski definition) is 1. The highest BCUT2D eigenvalue weighted by molar-refractivity contribution is 9.10. The van der Waals surface area contributed by atoms with E-state index in [1.807, 2.05) is 6.92 Å². The Bertz CT molecular complexity index is 529. The largest absolute Gasteiger partial charge is 0.496 e. The van der Waals surface area contributed by atoms with Crippen LogP contribution in [0.3, 0.4) is 0 Å². The van der Waals surface area contributed by atoms with E-state index in [9.17, 15) is 8.42 Å². The third-order valence-corrected chi connectivity index (χ3v) is 4.82. The van der Waals surface area contributed by atoms with E-state index in [-0.39, 0.29) is 10.9 Å². The van der Waals surface area contributed by atoms with E-state index in [1.54, 1.807) is 12.1 Å². The van der Waals surface area contributed by atoms with Crippen molar-refractivity contribution in [3.63, 3.8) is 0 Å². The van der Waals surface area contributed by atoms with Gasteiger partial charge in [-0.15, -0.1) is 0 Å². The number of ether oxygens (including phenoxy) is 1. The second-order valence-corrected chi connectivity index (χ2v) is 7.52. The van der Waals surface area contributed by atoms with Crippen LogP contribution in [-0.2, 0) is 10.0 Å². The molecule has 1 N–H and O–H groups in total. The second-order valence-electron chi connectivity index (χ2n) is 4.95. The summed E-state index contributed by atoms with van der Waals surface area (Å²) in [5.41, 5.74) is 0. The lowest BCUT2D eigenvalue weighted by atomic mass is 10.1. The summed E-state index contributed by atoms with van der Waals surface area (Å²) in [4.78, 5) is 0.232. The lowest BCUT2D eigenvalue weighted by molar-refractivity contribution is 0.411. The predicted octanol–water partition coefficient (Wildman–Crippen LogP) is 3.17. The number of nitrogens with one attached hydrogen (secondary N) is 1. The van der Waals surface area contributed by atoms with Crippen LogP contribution in [0.15, 0.2) is 27.6 Å². The average Bonchev–Trinajstić information content (AvgIpc) is 2.26. The van der Waals surface area contributed by atoms with Crippen molar-refractivity contribution in [3.8, 4) is 5.75 Å². The fraction of sp³-hybridized carbons (Fsp3) is 0.538. The molecule has 0 saturated carbocycles. The zero-order chi connectivity index (χ0) is 14.6. The number of hydrogen-bond acceptors (Lipinski definition) is 3. The quantitative estimate of drug-likeness (QED) is 0.857. The molecular weight excluding hydrogens is 330 g/mol. The highest BCUT2D eigenvalue weighted by Crippen LogP contribution is 2.27. The van der Waals surface area contributed by atoms with E-state index < -0.39 is 10.0 Å². The molecule has 0 saturated heterocycles. The fourth-order valence-corrected chi connectivity index (χ4v) is 3.88. The first-order valence-corrected chi connectivity index (χ1v) is 8.39. The van der Waals surface area contributed by atoms with Gasteiger partial charge in [0, 0.05) is 6.04 Å². The molecule has 1 aromatic carbocycles. The van der Waals surface area contributed by atoms with Crippen molar-refractivity contribution >= 4 is 26.0 Å². The summed E-state index contributed by atoms with van der Waals surface area (Å²) in [5.74, 6) is 1.05. The summed E-state index contributed by atoms with van der Waals surface area (Å²) in [6.07, 6.45) is 0.802. The standard InChI is InChI=1S/C13H20BrNO3S/c1-9(2)7-10(3)15-19(16,17)11-5-6-13(18-4)12(14)8-11/h5-6,8-10,15H,7H2,1-4H3. The van der Waals surface area contributed by atoms with Gasteiger partial charge in [-0.3, -0.25) is 0 Å². The molecule has 0 aliphatic heterocycles. The highest BCUT2D eigenvalue weighted by Gasteiger charge is 2.19. The molecule has 4 nitrogen and oxygen atoms in total. The predicted molar refractivity (Wildman–Crippen MR) is 79.9 cm³/mol. The number of benzene rings is 1. The summed E-state index contributed by atoms with van der Waals surface area (Å²) in [6, 6.07) is 4.62. The minimum atomic E-state index is -3.49. The number of sulfonamides is 1. The molecule has 108 valence electrons. The molecule has 1 aromatic rings. The molecule has 0 aliphatic carbocycles. The van der Waals surface area contributed by atoms with E-state index in [2.05, 4.69) is 34.5 Å². The van der Waals surface area contributed by atoms with Gasteiger partial charge >= 0.3 is 0 Å². The molecule has 0 heterocycles. The first kappa shape index (κ1) is 16.5. The van der Waals surface area contributed by atoms with Crippen molar-refractivity contribution in [1.82, 2.24) is 4.72 Å². The molecule has 0 amide bonds. The van der Waals surface area contributed by atoms with Crippen LogP contribution in [0.4, 0.5) is 0 Å². The number of halogens is 1. The Kier molecular flexibility index (Phi) is 5.82. The van der Waals surface area contributed by atoms with E-state index in [1.165, 1.54) is 13.2 Å². The van der Waals surface area contributed by atoms with Gasteiger partial charge in [0.2, 0.25) is 10.0 Å². The molecule has 0 fully saturated rings. The molecule has 0 aromatic heterocycles. The molecule has 1 atom stereocenters. The van der Waals surface area contributed by atoms with Crippen molar-refractivity contribution in [2.24, 2.45) is 5.92 Å². The maximum Gasteiger partial charge on any atom is 0.240 e. The Morgan fingerprint density at radius 1 is 1.32 bits per heavy atom. The normalized spacial score (nSPS) is 13.6. The third-order valence-electron chi connectivity index (χ3n) is 2.61. The van der Waals surface area contributed by atoms with E-state index in [0.717, 1.165) is 6.42 Å². The second kappa shape index (κ2) is 6.72. The van der Waals surface area contributed by atoms with Gasteiger partial charge in [0.15, 0.2) is 0 Å².